The van der Waals surface area contributed by atoms with E-state index in [0.717, 1.165) is 6.26 Å². The van der Waals surface area contributed by atoms with Crippen LogP contribution in [-0.2, 0) is 19.6 Å². The zero-order valence-electron chi connectivity index (χ0n) is 17.8. The Morgan fingerprint density at radius 2 is 1.76 bits per heavy atom. The highest BCUT2D eigenvalue weighted by atomic mass is 32.2. The molecule has 0 bridgehead atoms. The normalized spacial score (nSPS) is 24.0. The molecule has 168 valence electrons. The number of amides is 2. The highest BCUT2D eigenvalue weighted by molar-refractivity contribution is 7.88. The van der Waals surface area contributed by atoms with Gasteiger partial charge in [-0.15, -0.1) is 0 Å². The van der Waals surface area contributed by atoms with Crippen molar-refractivity contribution >= 4 is 22.0 Å². The van der Waals surface area contributed by atoms with Crippen molar-refractivity contribution in [2.45, 2.75) is 25.4 Å². The Bertz CT molecular complexity index is 690. The second-order valence-electron chi connectivity index (χ2n) is 8.20. The Balaban J connectivity index is 2.05. The molecule has 10 nitrogen and oxygen atoms in total. The van der Waals surface area contributed by atoms with Gasteiger partial charge in [0.1, 0.15) is 0 Å². The predicted molar refractivity (Wildman–Crippen MR) is 108 cm³/mol. The van der Waals surface area contributed by atoms with Gasteiger partial charge in [0.25, 0.3) is 0 Å². The van der Waals surface area contributed by atoms with Crippen LogP contribution in [0.1, 0.15) is 19.8 Å². The van der Waals surface area contributed by atoms with Crippen LogP contribution in [0.5, 0.6) is 0 Å². The fourth-order valence-electron chi connectivity index (χ4n) is 3.91. The highest BCUT2D eigenvalue weighted by Crippen LogP contribution is 2.25. The van der Waals surface area contributed by atoms with E-state index in [2.05, 4.69) is 0 Å². The molecule has 29 heavy (non-hydrogen) atoms. The number of β-amino-alcohol motifs (C(OH)–C–C–N with tert-alkyl or cyclic N) is 1. The van der Waals surface area contributed by atoms with Crippen molar-refractivity contribution in [2.75, 3.05) is 72.8 Å². The van der Waals surface area contributed by atoms with Crippen LogP contribution in [-0.4, -0.2) is 123 Å². The van der Waals surface area contributed by atoms with Crippen LogP contribution in [0, 0.1) is 5.92 Å². The van der Waals surface area contributed by atoms with Gasteiger partial charge in [0.2, 0.25) is 15.9 Å². The second-order valence-corrected chi connectivity index (χ2v) is 10.2. The molecule has 2 amide bonds. The molecule has 1 N–H and O–H groups in total. The first-order chi connectivity index (χ1) is 13.4. The van der Waals surface area contributed by atoms with Gasteiger partial charge in [-0.3, -0.25) is 9.69 Å². The predicted octanol–water partition coefficient (Wildman–Crippen LogP) is -0.749. The molecule has 0 aliphatic carbocycles. The summed E-state index contributed by atoms with van der Waals surface area (Å²) in [6.45, 7) is 4.44. The summed E-state index contributed by atoms with van der Waals surface area (Å²) in [7, 11) is -0.112. The van der Waals surface area contributed by atoms with Gasteiger partial charge in [0, 0.05) is 59.9 Å². The van der Waals surface area contributed by atoms with Gasteiger partial charge in [-0.25, -0.2) is 17.5 Å². The minimum atomic E-state index is -3.42. The molecule has 0 aromatic carbocycles. The number of rotatable bonds is 5. The number of carbonyl (C=O) groups excluding carboxylic acids is 2. The van der Waals surface area contributed by atoms with Gasteiger partial charge >= 0.3 is 6.09 Å². The molecule has 0 aromatic heterocycles. The molecule has 0 aromatic rings. The molecular weight excluding hydrogens is 400 g/mol. The monoisotopic (exact) mass is 434 g/mol. The highest BCUT2D eigenvalue weighted by Gasteiger charge is 2.39. The molecule has 11 heteroatoms. The summed E-state index contributed by atoms with van der Waals surface area (Å²) >= 11 is 0. The summed E-state index contributed by atoms with van der Waals surface area (Å²) < 4.78 is 30.5. The number of aliphatic hydroxyl groups is 1. The summed E-state index contributed by atoms with van der Waals surface area (Å²) in [4.78, 5) is 29.5. The van der Waals surface area contributed by atoms with E-state index in [1.54, 1.807) is 25.9 Å². The molecule has 2 aliphatic heterocycles. The molecule has 0 saturated carbocycles. The van der Waals surface area contributed by atoms with Crippen LogP contribution in [0.4, 0.5) is 4.79 Å². The third-order valence-corrected chi connectivity index (χ3v) is 6.84. The maximum atomic E-state index is 12.6. The molecule has 1 atom stereocenters. The Hall–Kier alpha value is -1.43. The molecule has 2 rings (SSSR count). The van der Waals surface area contributed by atoms with Crippen molar-refractivity contribution in [1.29, 1.82) is 0 Å². The number of hydrogen-bond acceptors (Lipinski definition) is 7. The van der Waals surface area contributed by atoms with E-state index in [9.17, 15) is 23.1 Å². The standard InChI is InChI=1S/C18H34N4O6S/c1-5-28-17(24)21-8-6-18(25,7-9-21)14-20-10-11-22(29(4,26)27)13-15(12-20)16(23)19(2)3/h15,25H,5-14H2,1-4H3/t15-/m1/s1. The van der Waals surface area contributed by atoms with E-state index >= 15 is 0 Å². The lowest BCUT2D eigenvalue weighted by molar-refractivity contribution is -0.134. The Morgan fingerprint density at radius 1 is 1.14 bits per heavy atom. The van der Waals surface area contributed by atoms with Gasteiger partial charge in [0.05, 0.1) is 24.4 Å². The summed E-state index contributed by atoms with van der Waals surface area (Å²) in [6, 6.07) is 0. The smallest absolute Gasteiger partial charge is 0.409 e. The lowest BCUT2D eigenvalue weighted by Crippen LogP contribution is -2.53. The number of likely N-dealkylation sites (tertiary alicyclic amines) is 1. The van der Waals surface area contributed by atoms with E-state index in [1.807, 2.05) is 4.90 Å². The van der Waals surface area contributed by atoms with E-state index in [4.69, 9.17) is 4.74 Å². The number of nitrogens with zero attached hydrogens (tertiary/aromatic N) is 4. The van der Waals surface area contributed by atoms with Crippen LogP contribution < -0.4 is 0 Å². The molecule has 0 spiro atoms. The van der Waals surface area contributed by atoms with Crippen molar-refractivity contribution in [3.63, 3.8) is 0 Å². The average Bonchev–Trinajstić information content (AvgIpc) is 2.84. The Kier molecular flexibility index (Phi) is 7.88. The van der Waals surface area contributed by atoms with Crippen molar-refractivity contribution in [1.82, 2.24) is 19.0 Å². The molecule has 0 unspecified atom stereocenters. The number of piperidine rings is 1. The number of carbonyl (C=O) groups is 2. The zero-order chi connectivity index (χ0) is 21.8. The first-order valence-electron chi connectivity index (χ1n) is 9.98. The van der Waals surface area contributed by atoms with Crippen LogP contribution in [0.3, 0.4) is 0 Å². The Labute approximate surface area is 173 Å². The lowest BCUT2D eigenvalue weighted by Gasteiger charge is -2.40. The summed E-state index contributed by atoms with van der Waals surface area (Å²) in [6.07, 6.45) is 1.59. The largest absolute Gasteiger partial charge is 0.450 e. The van der Waals surface area contributed by atoms with Gasteiger partial charge in [-0.1, -0.05) is 0 Å². The second kappa shape index (κ2) is 9.59. The minimum absolute atomic E-state index is 0.130. The van der Waals surface area contributed by atoms with E-state index in [0.29, 0.717) is 52.2 Å². The fraction of sp³-hybridized carbons (Fsp3) is 0.889. The lowest BCUT2D eigenvalue weighted by atomic mass is 9.90. The number of sulfonamides is 1. The molecule has 2 aliphatic rings. The van der Waals surface area contributed by atoms with Crippen molar-refractivity contribution in [2.24, 2.45) is 5.92 Å². The van der Waals surface area contributed by atoms with E-state index in [-0.39, 0.29) is 25.1 Å². The summed E-state index contributed by atoms with van der Waals surface area (Å²) in [5.74, 6) is -0.625. The van der Waals surface area contributed by atoms with Crippen LogP contribution >= 0.6 is 0 Å². The van der Waals surface area contributed by atoms with Gasteiger partial charge in [0.15, 0.2) is 0 Å². The van der Waals surface area contributed by atoms with Crippen LogP contribution in [0.2, 0.25) is 0 Å². The first kappa shape index (κ1) is 23.8. The quantitative estimate of drug-likeness (QED) is 0.606. The third-order valence-electron chi connectivity index (χ3n) is 5.57. The van der Waals surface area contributed by atoms with Crippen molar-refractivity contribution < 1.29 is 27.9 Å². The fourth-order valence-corrected chi connectivity index (χ4v) is 4.78. The van der Waals surface area contributed by atoms with E-state index in [1.165, 1.54) is 9.21 Å². The van der Waals surface area contributed by atoms with Gasteiger partial charge in [-0.05, 0) is 19.8 Å². The SMILES string of the molecule is CCOC(=O)N1CCC(O)(CN2CCN(S(C)(=O)=O)C[C@H](C(=O)N(C)C)C2)CC1. The molecule has 2 saturated heterocycles. The summed E-state index contributed by atoms with van der Waals surface area (Å²) in [5.41, 5.74) is -0.991. The number of hydrogen-bond donors (Lipinski definition) is 1. The maximum absolute atomic E-state index is 12.6. The topological polar surface area (TPSA) is 111 Å². The van der Waals surface area contributed by atoms with Crippen molar-refractivity contribution in [3.8, 4) is 0 Å². The minimum Gasteiger partial charge on any atom is -0.450 e. The van der Waals surface area contributed by atoms with Gasteiger partial charge in [-0.2, -0.15) is 0 Å². The molecule has 0 radical (unpaired) electrons. The van der Waals surface area contributed by atoms with Crippen molar-refractivity contribution in [3.05, 3.63) is 0 Å². The zero-order valence-corrected chi connectivity index (χ0v) is 18.7. The molecular formula is C18H34N4O6S. The summed E-state index contributed by atoms with van der Waals surface area (Å²) in [5, 5.41) is 11.1. The maximum Gasteiger partial charge on any atom is 0.409 e. The van der Waals surface area contributed by atoms with Crippen LogP contribution in [0.15, 0.2) is 0 Å². The Morgan fingerprint density at radius 3 is 2.28 bits per heavy atom. The third kappa shape index (κ3) is 6.53. The van der Waals surface area contributed by atoms with Gasteiger partial charge < -0.3 is 19.6 Å². The van der Waals surface area contributed by atoms with Crippen LogP contribution in [0.25, 0.3) is 0 Å². The average molecular weight is 435 g/mol. The number of ether oxygens (including phenoxy) is 1. The molecule has 2 fully saturated rings. The first-order valence-corrected chi connectivity index (χ1v) is 11.8. The molecule has 2 heterocycles. The van der Waals surface area contributed by atoms with E-state index < -0.39 is 21.5 Å².